The number of fused-ring (bicyclic) bond motifs is 2. The van der Waals surface area contributed by atoms with Crippen molar-refractivity contribution in [3.63, 3.8) is 0 Å². The zero-order valence-corrected chi connectivity index (χ0v) is 11.3. The Balaban J connectivity index is 1.82. The Kier molecular flexibility index (Phi) is 3.31. The monoisotopic (exact) mass is 277 g/mol. The molecule has 3 rings (SSSR count). The maximum atomic E-state index is 12.3. The van der Waals surface area contributed by atoms with Crippen molar-refractivity contribution >= 4 is 23.3 Å². The van der Waals surface area contributed by atoms with Crippen LogP contribution >= 0.6 is 11.6 Å². The largest absolute Gasteiger partial charge is 0.334 e. The van der Waals surface area contributed by atoms with Gasteiger partial charge in [0.05, 0.1) is 0 Å². The molecule has 0 radical (unpaired) electrons. The molecule has 2 fully saturated rings. The topological polar surface area (TPSA) is 37.4 Å². The minimum absolute atomic E-state index is 0.0835. The van der Waals surface area contributed by atoms with Crippen molar-refractivity contribution in [1.82, 2.24) is 4.90 Å². The molecule has 0 spiro atoms. The number of nitrogens with zero attached hydrogens (tertiary/aromatic N) is 1. The number of carbonyl (C=O) groups is 2. The number of alkyl halides is 1. The Hall–Kier alpha value is -1.35. The van der Waals surface area contributed by atoms with E-state index >= 15 is 0 Å². The summed E-state index contributed by atoms with van der Waals surface area (Å²) in [5.74, 6) is -0.191. The molecule has 1 aliphatic heterocycles. The Morgan fingerprint density at radius 3 is 2.68 bits per heavy atom. The molecule has 1 aromatic carbocycles. The summed E-state index contributed by atoms with van der Waals surface area (Å²) in [4.78, 5) is 26.0. The molecule has 1 heterocycles. The Bertz CT molecular complexity index is 502. The smallest absolute Gasteiger partial charge is 0.241 e. The Morgan fingerprint density at radius 2 is 1.95 bits per heavy atom. The number of ketones is 1. The molecule has 3 atom stereocenters. The number of rotatable bonds is 2. The average molecular weight is 278 g/mol. The summed E-state index contributed by atoms with van der Waals surface area (Å²) in [5.41, 5.74) is 1.11. The molecule has 0 aromatic heterocycles. The van der Waals surface area contributed by atoms with Gasteiger partial charge in [-0.05, 0) is 18.4 Å². The zero-order chi connectivity index (χ0) is 13.4. The van der Waals surface area contributed by atoms with Crippen LogP contribution in [0.15, 0.2) is 30.3 Å². The summed E-state index contributed by atoms with van der Waals surface area (Å²) in [6.45, 7) is 0.592. The zero-order valence-electron chi connectivity index (χ0n) is 10.6. The van der Waals surface area contributed by atoms with Crippen molar-refractivity contribution in [2.45, 2.75) is 37.2 Å². The maximum absolute atomic E-state index is 12.3. The van der Waals surface area contributed by atoms with Crippen LogP contribution in [0.1, 0.15) is 24.8 Å². The van der Waals surface area contributed by atoms with E-state index in [4.69, 9.17) is 11.6 Å². The summed E-state index contributed by atoms with van der Waals surface area (Å²) >= 11 is 6.18. The van der Waals surface area contributed by atoms with E-state index in [1.54, 1.807) is 0 Å². The second-order valence-electron chi connectivity index (χ2n) is 5.35. The van der Waals surface area contributed by atoms with E-state index in [1.807, 2.05) is 35.2 Å². The molecule has 3 nitrogen and oxygen atoms in total. The van der Waals surface area contributed by atoms with Gasteiger partial charge in [-0.15, -0.1) is 11.6 Å². The molecule has 0 N–H and O–H groups in total. The minimum atomic E-state index is -0.673. The van der Waals surface area contributed by atoms with Crippen LogP contribution in [0, 0.1) is 5.92 Å². The van der Waals surface area contributed by atoms with Gasteiger partial charge in [-0.1, -0.05) is 30.3 Å². The molecular formula is C15H16ClNO2. The lowest BCUT2D eigenvalue weighted by molar-refractivity contribution is -0.146. The first-order valence-electron chi connectivity index (χ1n) is 6.68. The molecule has 1 amide bonds. The second kappa shape index (κ2) is 4.97. The second-order valence-corrected chi connectivity index (χ2v) is 5.82. The number of amides is 1. The molecule has 19 heavy (non-hydrogen) atoms. The van der Waals surface area contributed by atoms with Crippen LogP contribution in [0.2, 0.25) is 0 Å². The normalized spacial score (nSPS) is 30.6. The maximum Gasteiger partial charge on any atom is 0.241 e. The van der Waals surface area contributed by atoms with E-state index in [1.165, 1.54) is 0 Å². The first kappa shape index (κ1) is 12.7. The lowest BCUT2D eigenvalue weighted by Gasteiger charge is -2.44. The molecule has 1 saturated heterocycles. The van der Waals surface area contributed by atoms with Crippen molar-refractivity contribution in [1.29, 1.82) is 0 Å². The van der Waals surface area contributed by atoms with Crippen LogP contribution in [-0.4, -0.2) is 28.0 Å². The summed E-state index contributed by atoms with van der Waals surface area (Å²) in [5, 5.41) is -0.673. The Labute approximate surface area is 117 Å². The fraction of sp³-hybridized carbons (Fsp3) is 0.467. The number of benzene rings is 1. The number of halogens is 1. The van der Waals surface area contributed by atoms with Crippen LogP contribution < -0.4 is 0 Å². The number of carbonyl (C=O) groups excluding carboxylic acids is 2. The van der Waals surface area contributed by atoms with E-state index in [2.05, 4.69) is 0 Å². The van der Waals surface area contributed by atoms with Crippen LogP contribution in [0.4, 0.5) is 0 Å². The Morgan fingerprint density at radius 1 is 1.21 bits per heavy atom. The fourth-order valence-electron chi connectivity index (χ4n) is 3.10. The van der Waals surface area contributed by atoms with Gasteiger partial charge in [0.1, 0.15) is 11.2 Å². The highest BCUT2D eigenvalue weighted by Gasteiger charge is 2.46. The van der Waals surface area contributed by atoms with E-state index in [9.17, 15) is 9.59 Å². The van der Waals surface area contributed by atoms with Gasteiger partial charge in [-0.3, -0.25) is 9.59 Å². The molecule has 1 aliphatic carbocycles. The number of Topliss-reactive ketones (excluding diaryl/α,β-unsaturated/α-hetero) is 1. The number of hydrogen-bond donors (Lipinski definition) is 0. The summed E-state index contributed by atoms with van der Waals surface area (Å²) in [7, 11) is 0. The lowest BCUT2D eigenvalue weighted by atomic mass is 9.78. The van der Waals surface area contributed by atoms with E-state index in [0.29, 0.717) is 13.0 Å². The van der Waals surface area contributed by atoms with Crippen LogP contribution in [-0.2, 0) is 16.1 Å². The van der Waals surface area contributed by atoms with Crippen LogP contribution in [0.3, 0.4) is 0 Å². The van der Waals surface area contributed by atoms with Gasteiger partial charge >= 0.3 is 0 Å². The van der Waals surface area contributed by atoms with Crippen molar-refractivity contribution in [3.8, 4) is 0 Å². The summed E-state index contributed by atoms with van der Waals surface area (Å²) in [6, 6.07) is 10.1. The molecule has 2 aliphatic rings. The first-order valence-corrected chi connectivity index (χ1v) is 7.11. The predicted molar refractivity (Wildman–Crippen MR) is 72.8 cm³/mol. The number of likely N-dealkylation sites (tertiary alicyclic amines) is 1. The highest BCUT2D eigenvalue weighted by atomic mass is 35.5. The van der Waals surface area contributed by atoms with Crippen molar-refractivity contribution in [2.24, 2.45) is 5.92 Å². The molecule has 4 heteroatoms. The van der Waals surface area contributed by atoms with E-state index in [0.717, 1.165) is 18.4 Å². The van der Waals surface area contributed by atoms with E-state index in [-0.39, 0.29) is 23.7 Å². The van der Waals surface area contributed by atoms with Gasteiger partial charge in [-0.25, -0.2) is 0 Å². The molecule has 2 bridgehead atoms. The SMILES string of the molecule is O=C1CCC2CC1[C@@H](Cl)C(=O)N2Cc1ccccc1. The molecule has 2 unspecified atom stereocenters. The van der Waals surface area contributed by atoms with Gasteiger partial charge in [0.2, 0.25) is 5.91 Å². The van der Waals surface area contributed by atoms with Crippen LogP contribution in [0.25, 0.3) is 0 Å². The summed E-state index contributed by atoms with van der Waals surface area (Å²) < 4.78 is 0. The van der Waals surface area contributed by atoms with Crippen LogP contribution in [0.5, 0.6) is 0 Å². The molecule has 100 valence electrons. The van der Waals surface area contributed by atoms with Gasteiger partial charge in [0.15, 0.2) is 0 Å². The van der Waals surface area contributed by atoms with Crippen molar-refractivity contribution < 1.29 is 9.59 Å². The van der Waals surface area contributed by atoms with Crippen molar-refractivity contribution in [3.05, 3.63) is 35.9 Å². The van der Waals surface area contributed by atoms with Gasteiger partial charge in [-0.2, -0.15) is 0 Å². The van der Waals surface area contributed by atoms with E-state index < -0.39 is 5.38 Å². The lowest BCUT2D eigenvalue weighted by Crippen LogP contribution is -2.56. The fourth-order valence-corrected chi connectivity index (χ4v) is 3.47. The summed E-state index contributed by atoms with van der Waals surface area (Å²) in [6.07, 6.45) is 2.06. The highest BCUT2D eigenvalue weighted by molar-refractivity contribution is 6.32. The molecule has 1 saturated carbocycles. The molecular weight excluding hydrogens is 262 g/mol. The standard InChI is InChI=1S/C15H16ClNO2/c16-14-12-8-11(6-7-13(12)18)17(15(14)19)9-10-4-2-1-3-5-10/h1-5,11-12,14H,6-9H2/t11?,12?,14-/m1/s1. The van der Waals surface area contributed by atoms with Gasteiger partial charge in [0, 0.05) is 24.9 Å². The molecule has 1 aromatic rings. The predicted octanol–water partition coefficient (Wildman–Crippen LogP) is 2.37. The third-order valence-electron chi connectivity index (χ3n) is 4.17. The quantitative estimate of drug-likeness (QED) is 0.779. The third-order valence-corrected chi connectivity index (χ3v) is 4.66. The van der Waals surface area contributed by atoms with Gasteiger partial charge in [0.25, 0.3) is 0 Å². The first-order chi connectivity index (χ1) is 9.16. The number of hydrogen-bond acceptors (Lipinski definition) is 2. The minimum Gasteiger partial charge on any atom is -0.334 e. The average Bonchev–Trinajstić information content (AvgIpc) is 2.44. The number of piperidine rings is 1. The van der Waals surface area contributed by atoms with Crippen molar-refractivity contribution in [2.75, 3.05) is 0 Å². The van der Waals surface area contributed by atoms with Gasteiger partial charge < -0.3 is 4.90 Å². The third kappa shape index (κ3) is 2.27. The highest BCUT2D eigenvalue weighted by Crippen LogP contribution is 2.36.